The van der Waals surface area contributed by atoms with Gasteiger partial charge in [-0.3, -0.25) is 0 Å². The number of likely N-dealkylation sites (tertiary alicyclic amines) is 1. The lowest BCUT2D eigenvalue weighted by atomic mass is 9.98. The maximum atomic E-state index is 5.30. The average Bonchev–Trinajstić information content (AvgIpc) is 2.86. The molecule has 0 saturated carbocycles. The highest BCUT2D eigenvalue weighted by atomic mass is 16.5. The molecule has 3 nitrogen and oxygen atoms in total. The summed E-state index contributed by atoms with van der Waals surface area (Å²) in [7, 11) is 1.81. The second kappa shape index (κ2) is 7.92. The highest BCUT2D eigenvalue weighted by Crippen LogP contribution is 2.23. The Hall–Kier alpha value is -0.900. The molecule has 1 fully saturated rings. The summed E-state index contributed by atoms with van der Waals surface area (Å²) in [6, 6.07) is 7.24. The SMILES string of the molecule is CCNC(CN1CCC(COC)C1)c1ccc(C)cc1C. The summed E-state index contributed by atoms with van der Waals surface area (Å²) in [5.74, 6) is 0.705. The predicted octanol–water partition coefficient (Wildman–Crippen LogP) is 2.92. The molecule has 1 saturated heterocycles. The quantitative estimate of drug-likeness (QED) is 0.835. The van der Waals surface area contributed by atoms with Gasteiger partial charge in [0.2, 0.25) is 0 Å². The maximum Gasteiger partial charge on any atom is 0.0503 e. The van der Waals surface area contributed by atoms with Crippen LogP contribution in [0.25, 0.3) is 0 Å². The van der Waals surface area contributed by atoms with E-state index in [4.69, 9.17) is 4.74 Å². The van der Waals surface area contributed by atoms with E-state index in [9.17, 15) is 0 Å². The number of hydrogen-bond acceptors (Lipinski definition) is 3. The number of benzene rings is 1. The molecule has 3 heteroatoms. The van der Waals surface area contributed by atoms with Gasteiger partial charge in [-0.05, 0) is 50.4 Å². The van der Waals surface area contributed by atoms with Crippen molar-refractivity contribution < 1.29 is 4.74 Å². The van der Waals surface area contributed by atoms with Crippen LogP contribution in [0.1, 0.15) is 36.1 Å². The zero-order valence-electron chi connectivity index (χ0n) is 14.0. The monoisotopic (exact) mass is 290 g/mol. The number of aryl methyl sites for hydroxylation is 2. The van der Waals surface area contributed by atoms with Gasteiger partial charge in [-0.2, -0.15) is 0 Å². The number of rotatable bonds is 7. The van der Waals surface area contributed by atoms with Gasteiger partial charge in [0.1, 0.15) is 0 Å². The van der Waals surface area contributed by atoms with Gasteiger partial charge in [-0.25, -0.2) is 0 Å². The van der Waals surface area contributed by atoms with Crippen molar-refractivity contribution in [1.29, 1.82) is 0 Å². The average molecular weight is 290 g/mol. The summed E-state index contributed by atoms with van der Waals surface area (Å²) in [6.07, 6.45) is 1.26. The van der Waals surface area contributed by atoms with Gasteiger partial charge in [0.25, 0.3) is 0 Å². The lowest BCUT2D eigenvalue weighted by molar-refractivity contribution is 0.152. The summed E-state index contributed by atoms with van der Waals surface area (Å²) < 4.78 is 5.30. The standard InChI is InChI=1S/C18H30N2O/c1-5-19-18(17-7-6-14(2)10-15(17)3)12-20-9-8-16(11-20)13-21-4/h6-7,10,16,18-19H,5,8-9,11-13H2,1-4H3. The third kappa shape index (κ3) is 4.53. The zero-order valence-corrected chi connectivity index (χ0v) is 14.0. The van der Waals surface area contributed by atoms with E-state index in [0.29, 0.717) is 12.0 Å². The van der Waals surface area contributed by atoms with Crippen LogP contribution in [0.15, 0.2) is 18.2 Å². The van der Waals surface area contributed by atoms with Gasteiger partial charge in [0.05, 0.1) is 6.61 Å². The van der Waals surface area contributed by atoms with Gasteiger partial charge in [-0.1, -0.05) is 30.7 Å². The van der Waals surface area contributed by atoms with Crippen LogP contribution in [0.2, 0.25) is 0 Å². The normalized spacial score (nSPS) is 20.9. The third-order valence-corrected chi connectivity index (χ3v) is 4.46. The van der Waals surface area contributed by atoms with E-state index in [2.05, 4.69) is 49.2 Å². The Morgan fingerprint density at radius 1 is 1.38 bits per heavy atom. The Labute approximate surface area is 129 Å². The molecule has 0 bridgehead atoms. The van der Waals surface area contributed by atoms with Gasteiger partial charge < -0.3 is 15.0 Å². The molecule has 2 unspecified atom stereocenters. The molecule has 1 aliphatic rings. The lowest BCUT2D eigenvalue weighted by Gasteiger charge is -2.26. The van der Waals surface area contributed by atoms with E-state index in [0.717, 1.165) is 19.7 Å². The van der Waals surface area contributed by atoms with Crippen molar-refractivity contribution in [3.63, 3.8) is 0 Å². The maximum absolute atomic E-state index is 5.30. The molecular weight excluding hydrogens is 260 g/mol. The van der Waals surface area contributed by atoms with Crippen LogP contribution in [-0.2, 0) is 4.74 Å². The molecule has 21 heavy (non-hydrogen) atoms. The molecule has 1 aliphatic heterocycles. The minimum absolute atomic E-state index is 0.428. The summed E-state index contributed by atoms with van der Waals surface area (Å²) in [5.41, 5.74) is 4.18. The fourth-order valence-electron chi connectivity index (χ4n) is 3.44. The van der Waals surface area contributed by atoms with E-state index in [1.54, 1.807) is 7.11 Å². The molecule has 1 aromatic rings. The molecule has 0 aromatic heterocycles. The van der Waals surface area contributed by atoms with Crippen LogP contribution >= 0.6 is 0 Å². The Bertz CT molecular complexity index is 447. The Morgan fingerprint density at radius 2 is 2.19 bits per heavy atom. The summed E-state index contributed by atoms with van der Waals surface area (Å²) in [6.45, 7) is 11.9. The second-order valence-corrected chi connectivity index (χ2v) is 6.34. The molecule has 2 rings (SSSR count). The van der Waals surface area contributed by atoms with Gasteiger partial charge in [-0.15, -0.1) is 0 Å². The Kier molecular flexibility index (Phi) is 6.22. The topological polar surface area (TPSA) is 24.5 Å². The molecule has 1 heterocycles. The minimum atomic E-state index is 0.428. The minimum Gasteiger partial charge on any atom is -0.384 e. The largest absolute Gasteiger partial charge is 0.384 e. The fraction of sp³-hybridized carbons (Fsp3) is 0.667. The molecule has 0 aliphatic carbocycles. The van der Waals surface area contributed by atoms with Crippen LogP contribution in [-0.4, -0.2) is 44.8 Å². The molecule has 1 aromatic carbocycles. The van der Waals surface area contributed by atoms with Crippen molar-refractivity contribution in [3.05, 3.63) is 34.9 Å². The number of ether oxygens (including phenoxy) is 1. The summed E-state index contributed by atoms with van der Waals surface area (Å²) in [5, 5.41) is 3.66. The van der Waals surface area contributed by atoms with Crippen molar-refractivity contribution >= 4 is 0 Å². The Morgan fingerprint density at radius 3 is 2.86 bits per heavy atom. The smallest absolute Gasteiger partial charge is 0.0503 e. The predicted molar refractivity (Wildman–Crippen MR) is 88.8 cm³/mol. The van der Waals surface area contributed by atoms with Crippen molar-refractivity contribution in [1.82, 2.24) is 10.2 Å². The first-order valence-electron chi connectivity index (χ1n) is 8.15. The van der Waals surface area contributed by atoms with E-state index in [-0.39, 0.29) is 0 Å². The second-order valence-electron chi connectivity index (χ2n) is 6.34. The first-order valence-corrected chi connectivity index (χ1v) is 8.15. The van der Waals surface area contributed by atoms with Crippen molar-refractivity contribution in [2.24, 2.45) is 5.92 Å². The number of nitrogens with zero attached hydrogens (tertiary/aromatic N) is 1. The van der Waals surface area contributed by atoms with E-state index >= 15 is 0 Å². The molecule has 1 N–H and O–H groups in total. The number of methoxy groups -OCH3 is 1. The molecular formula is C18H30N2O. The van der Waals surface area contributed by atoms with Gasteiger partial charge in [0.15, 0.2) is 0 Å². The van der Waals surface area contributed by atoms with Crippen LogP contribution < -0.4 is 5.32 Å². The molecule has 118 valence electrons. The van der Waals surface area contributed by atoms with E-state index in [1.165, 1.54) is 36.2 Å². The highest BCUT2D eigenvalue weighted by molar-refractivity contribution is 5.33. The van der Waals surface area contributed by atoms with Crippen molar-refractivity contribution in [3.8, 4) is 0 Å². The lowest BCUT2D eigenvalue weighted by Crippen LogP contribution is -2.34. The van der Waals surface area contributed by atoms with Crippen LogP contribution in [0.4, 0.5) is 0 Å². The van der Waals surface area contributed by atoms with Gasteiger partial charge >= 0.3 is 0 Å². The van der Waals surface area contributed by atoms with Crippen LogP contribution in [0.5, 0.6) is 0 Å². The fourth-order valence-corrected chi connectivity index (χ4v) is 3.44. The molecule has 0 radical (unpaired) electrons. The first-order chi connectivity index (χ1) is 10.1. The zero-order chi connectivity index (χ0) is 15.2. The first kappa shape index (κ1) is 16.5. The Balaban J connectivity index is 2.02. The van der Waals surface area contributed by atoms with Crippen molar-refractivity contribution in [2.45, 2.75) is 33.2 Å². The van der Waals surface area contributed by atoms with E-state index in [1.807, 2.05) is 0 Å². The highest BCUT2D eigenvalue weighted by Gasteiger charge is 2.25. The number of likely N-dealkylation sites (N-methyl/N-ethyl adjacent to an activating group) is 1. The summed E-state index contributed by atoms with van der Waals surface area (Å²) >= 11 is 0. The summed E-state index contributed by atoms with van der Waals surface area (Å²) in [4.78, 5) is 2.58. The van der Waals surface area contributed by atoms with Crippen LogP contribution in [0, 0.1) is 19.8 Å². The number of nitrogens with one attached hydrogen (secondary N) is 1. The third-order valence-electron chi connectivity index (χ3n) is 4.46. The van der Waals surface area contributed by atoms with E-state index < -0.39 is 0 Å². The molecule has 0 amide bonds. The van der Waals surface area contributed by atoms with Gasteiger partial charge in [0, 0.05) is 26.2 Å². The van der Waals surface area contributed by atoms with Crippen LogP contribution in [0.3, 0.4) is 0 Å². The number of hydrogen-bond donors (Lipinski definition) is 1. The molecule has 2 atom stereocenters. The van der Waals surface area contributed by atoms with Crippen molar-refractivity contribution in [2.75, 3.05) is 39.9 Å². The molecule has 0 spiro atoms.